The number of rotatable bonds is 3. The Balaban J connectivity index is 2.08. The van der Waals surface area contributed by atoms with Crippen LogP contribution in [0.25, 0.3) is 0 Å². The molecule has 4 nitrogen and oxygen atoms in total. The van der Waals surface area contributed by atoms with Crippen molar-refractivity contribution >= 4 is 5.69 Å². The Morgan fingerprint density at radius 3 is 2.25 bits per heavy atom. The van der Waals surface area contributed by atoms with E-state index in [2.05, 4.69) is 9.72 Å². The van der Waals surface area contributed by atoms with E-state index >= 15 is 0 Å². The van der Waals surface area contributed by atoms with Crippen molar-refractivity contribution in [3.8, 4) is 17.4 Å². The Hall–Kier alpha value is -2.44. The third-order valence-corrected chi connectivity index (χ3v) is 2.41. The Bertz CT molecular complexity index is 598. The second kappa shape index (κ2) is 5.28. The zero-order chi connectivity index (χ0) is 14.8. The van der Waals surface area contributed by atoms with Crippen molar-refractivity contribution in [3.05, 3.63) is 42.1 Å². The number of benzene rings is 1. The molecule has 0 saturated heterocycles. The number of pyridine rings is 1. The maximum Gasteiger partial charge on any atom is 0.573 e. The second-order valence-electron chi connectivity index (χ2n) is 4.00. The molecule has 0 saturated carbocycles. The van der Waals surface area contributed by atoms with Crippen molar-refractivity contribution in [2.45, 2.75) is 13.3 Å². The SMILES string of the molecule is Cc1cc(Oc2ccc(OC(F)(F)F)cc2)ncc1N. The molecule has 7 heteroatoms. The zero-order valence-electron chi connectivity index (χ0n) is 10.4. The summed E-state index contributed by atoms with van der Waals surface area (Å²) in [6, 6.07) is 6.66. The number of hydrogen-bond donors (Lipinski definition) is 1. The van der Waals surface area contributed by atoms with Gasteiger partial charge < -0.3 is 15.2 Å². The fourth-order valence-corrected chi connectivity index (χ4v) is 1.43. The number of halogens is 3. The van der Waals surface area contributed by atoms with E-state index in [0.29, 0.717) is 17.3 Å². The highest BCUT2D eigenvalue weighted by Crippen LogP contribution is 2.27. The first-order valence-electron chi connectivity index (χ1n) is 5.59. The van der Waals surface area contributed by atoms with Gasteiger partial charge in [-0.1, -0.05) is 0 Å². The molecule has 106 valence electrons. The molecule has 1 aromatic heterocycles. The van der Waals surface area contributed by atoms with Crippen LogP contribution in [0.4, 0.5) is 18.9 Å². The third kappa shape index (κ3) is 3.78. The third-order valence-electron chi connectivity index (χ3n) is 2.41. The highest BCUT2D eigenvalue weighted by Gasteiger charge is 2.30. The van der Waals surface area contributed by atoms with E-state index in [9.17, 15) is 13.2 Å². The van der Waals surface area contributed by atoms with Gasteiger partial charge in [0.05, 0.1) is 11.9 Å². The molecule has 0 bridgehead atoms. The normalized spacial score (nSPS) is 11.2. The fourth-order valence-electron chi connectivity index (χ4n) is 1.43. The summed E-state index contributed by atoms with van der Waals surface area (Å²) in [7, 11) is 0. The van der Waals surface area contributed by atoms with Crippen LogP contribution in [0.15, 0.2) is 36.5 Å². The number of aryl methyl sites for hydroxylation is 1. The van der Waals surface area contributed by atoms with Gasteiger partial charge in [0.2, 0.25) is 5.88 Å². The lowest BCUT2D eigenvalue weighted by Crippen LogP contribution is -2.16. The standard InChI is InChI=1S/C13H11F3N2O2/c1-8-6-12(18-7-11(8)17)19-9-2-4-10(5-3-9)20-13(14,15)16/h2-7H,17H2,1H3. The minimum atomic E-state index is -4.71. The number of hydrogen-bond acceptors (Lipinski definition) is 4. The molecule has 0 aliphatic heterocycles. The van der Waals surface area contributed by atoms with Gasteiger partial charge in [0.15, 0.2) is 0 Å². The lowest BCUT2D eigenvalue weighted by molar-refractivity contribution is -0.274. The molecule has 0 fully saturated rings. The summed E-state index contributed by atoms with van der Waals surface area (Å²) >= 11 is 0. The Morgan fingerprint density at radius 2 is 1.70 bits per heavy atom. The quantitative estimate of drug-likeness (QED) is 0.934. The van der Waals surface area contributed by atoms with E-state index < -0.39 is 6.36 Å². The first-order chi connectivity index (χ1) is 9.33. The molecule has 20 heavy (non-hydrogen) atoms. The summed E-state index contributed by atoms with van der Waals surface area (Å²) in [5, 5.41) is 0. The van der Waals surface area contributed by atoms with E-state index in [1.807, 2.05) is 0 Å². The van der Waals surface area contributed by atoms with Gasteiger partial charge in [-0.2, -0.15) is 0 Å². The highest BCUT2D eigenvalue weighted by molar-refractivity contribution is 5.46. The van der Waals surface area contributed by atoms with Gasteiger partial charge in [0.25, 0.3) is 0 Å². The molecule has 1 heterocycles. The van der Waals surface area contributed by atoms with Crippen molar-refractivity contribution in [2.75, 3.05) is 5.73 Å². The maximum absolute atomic E-state index is 12.0. The van der Waals surface area contributed by atoms with Crippen LogP contribution in [0.3, 0.4) is 0 Å². The Labute approximate surface area is 113 Å². The second-order valence-corrected chi connectivity index (χ2v) is 4.00. The molecule has 2 aromatic rings. The van der Waals surface area contributed by atoms with Crippen LogP contribution in [0.1, 0.15) is 5.56 Å². The van der Waals surface area contributed by atoms with Crippen LogP contribution >= 0.6 is 0 Å². The van der Waals surface area contributed by atoms with Crippen molar-refractivity contribution < 1.29 is 22.6 Å². The molecule has 2 rings (SSSR count). The van der Waals surface area contributed by atoms with Crippen LogP contribution in [-0.2, 0) is 0 Å². The van der Waals surface area contributed by atoms with Gasteiger partial charge in [-0.3, -0.25) is 0 Å². The van der Waals surface area contributed by atoms with Gasteiger partial charge in [-0.05, 0) is 36.8 Å². The van der Waals surface area contributed by atoms with Gasteiger partial charge in [-0.25, -0.2) is 4.98 Å². The minimum absolute atomic E-state index is 0.307. The number of anilines is 1. The van der Waals surface area contributed by atoms with E-state index in [1.165, 1.54) is 18.3 Å². The fraction of sp³-hybridized carbons (Fsp3) is 0.154. The minimum Gasteiger partial charge on any atom is -0.439 e. The number of nitrogen functional groups attached to an aromatic ring is 1. The Morgan fingerprint density at radius 1 is 1.10 bits per heavy atom. The van der Waals surface area contributed by atoms with E-state index in [4.69, 9.17) is 10.5 Å². The molecule has 0 aliphatic rings. The molecule has 2 N–H and O–H groups in total. The Kier molecular flexibility index (Phi) is 3.69. The van der Waals surface area contributed by atoms with Crippen molar-refractivity contribution in [2.24, 2.45) is 0 Å². The number of ether oxygens (including phenoxy) is 2. The van der Waals surface area contributed by atoms with Gasteiger partial charge in [-0.15, -0.1) is 13.2 Å². The number of nitrogens with two attached hydrogens (primary N) is 1. The van der Waals surface area contributed by atoms with Crippen LogP contribution < -0.4 is 15.2 Å². The summed E-state index contributed by atoms with van der Waals surface area (Å²) in [6.45, 7) is 1.80. The summed E-state index contributed by atoms with van der Waals surface area (Å²) in [5.74, 6) is 0.337. The first kappa shape index (κ1) is 14.0. The van der Waals surface area contributed by atoms with Crippen molar-refractivity contribution in [3.63, 3.8) is 0 Å². The van der Waals surface area contributed by atoms with E-state index in [-0.39, 0.29) is 5.75 Å². The largest absolute Gasteiger partial charge is 0.573 e. The van der Waals surface area contributed by atoms with Gasteiger partial charge in [0.1, 0.15) is 11.5 Å². The summed E-state index contributed by atoms with van der Waals surface area (Å²) in [4.78, 5) is 3.96. The average molecular weight is 284 g/mol. The monoisotopic (exact) mass is 284 g/mol. The average Bonchev–Trinajstić information content (AvgIpc) is 2.35. The van der Waals surface area contributed by atoms with E-state index in [1.54, 1.807) is 13.0 Å². The van der Waals surface area contributed by atoms with Crippen molar-refractivity contribution in [1.29, 1.82) is 0 Å². The van der Waals surface area contributed by atoms with Crippen LogP contribution in [0.2, 0.25) is 0 Å². The highest BCUT2D eigenvalue weighted by atomic mass is 19.4. The summed E-state index contributed by atoms with van der Waals surface area (Å²) in [6.07, 6.45) is -3.26. The number of nitrogens with zero attached hydrogens (tertiary/aromatic N) is 1. The molecule has 0 atom stereocenters. The molecule has 0 amide bonds. The lowest BCUT2D eigenvalue weighted by atomic mass is 10.2. The maximum atomic E-state index is 12.0. The van der Waals surface area contributed by atoms with Crippen LogP contribution in [0.5, 0.6) is 17.4 Å². The smallest absolute Gasteiger partial charge is 0.439 e. The number of alkyl halides is 3. The summed E-state index contributed by atoms with van der Waals surface area (Å²) < 4.78 is 45.1. The van der Waals surface area contributed by atoms with E-state index in [0.717, 1.165) is 17.7 Å². The predicted octanol–water partition coefficient (Wildman–Crippen LogP) is 3.66. The molecule has 0 radical (unpaired) electrons. The molecular weight excluding hydrogens is 273 g/mol. The van der Waals surface area contributed by atoms with Crippen LogP contribution in [-0.4, -0.2) is 11.3 Å². The molecule has 0 spiro atoms. The van der Waals surface area contributed by atoms with Gasteiger partial charge >= 0.3 is 6.36 Å². The first-order valence-corrected chi connectivity index (χ1v) is 5.59. The predicted molar refractivity (Wildman–Crippen MR) is 66.6 cm³/mol. The number of aromatic nitrogens is 1. The van der Waals surface area contributed by atoms with Crippen LogP contribution in [0, 0.1) is 6.92 Å². The molecule has 1 aromatic carbocycles. The molecular formula is C13H11F3N2O2. The molecule has 0 unspecified atom stereocenters. The summed E-state index contributed by atoms with van der Waals surface area (Å²) in [5.41, 5.74) is 6.95. The van der Waals surface area contributed by atoms with Crippen molar-refractivity contribution in [1.82, 2.24) is 4.98 Å². The topological polar surface area (TPSA) is 57.4 Å². The van der Waals surface area contributed by atoms with Gasteiger partial charge in [0, 0.05) is 6.07 Å². The lowest BCUT2D eigenvalue weighted by Gasteiger charge is -2.10. The molecule has 0 aliphatic carbocycles. The zero-order valence-corrected chi connectivity index (χ0v) is 10.4.